The number of ketones is 1. The predicted molar refractivity (Wildman–Crippen MR) is 73.9 cm³/mol. The van der Waals surface area contributed by atoms with E-state index in [1.165, 1.54) is 19.3 Å². The molecule has 0 radical (unpaired) electrons. The van der Waals surface area contributed by atoms with Crippen LogP contribution in [0.15, 0.2) is 18.5 Å². The number of aryl methyl sites for hydroxylation is 1. The van der Waals surface area contributed by atoms with E-state index in [2.05, 4.69) is 4.98 Å². The van der Waals surface area contributed by atoms with Gasteiger partial charge in [0.1, 0.15) is 0 Å². The summed E-state index contributed by atoms with van der Waals surface area (Å²) in [6, 6.07) is 2.02. The Hall–Kier alpha value is -1.18. The zero-order chi connectivity index (χ0) is 13.0. The van der Waals surface area contributed by atoms with Gasteiger partial charge in [0.15, 0.2) is 5.78 Å². The molecule has 5 rings (SSSR count). The third-order valence-electron chi connectivity index (χ3n) is 5.66. The Morgan fingerprint density at radius 2 is 1.68 bits per heavy atom. The van der Waals surface area contributed by atoms with Crippen molar-refractivity contribution in [2.45, 2.75) is 45.4 Å². The van der Waals surface area contributed by atoms with Gasteiger partial charge in [-0.25, -0.2) is 0 Å². The van der Waals surface area contributed by atoms with Crippen molar-refractivity contribution in [1.82, 2.24) is 4.98 Å². The van der Waals surface area contributed by atoms with Crippen LogP contribution in [-0.4, -0.2) is 10.8 Å². The van der Waals surface area contributed by atoms with Crippen molar-refractivity contribution in [2.75, 3.05) is 0 Å². The Bertz CT molecular complexity index is 499. The Kier molecular flexibility index (Phi) is 2.39. The van der Waals surface area contributed by atoms with E-state index in [0.717, 1.165) is 48.1 Å². The molecule has 4 aliphatic rings. The quantitative estimate of drug-likeness (QED) is 0.753. The maximum absolute atomic E-state index is 13.0. The van der Waals surface area contributed by atoms with Crippen molar-refractivity contribution < 1.29 is 4.79 Å². The van der Waals surface area contributed by atoms with Gasteiger partial charge in [0, 0.05) is 23.4 Å². The van der Waals surface area contributed by atoms with Gasteiger partial charge in [-0.3, -0.25) is 9.78 Å². The maximum atomic E-state index is 13.0. The van der Waals surface area contributed by atoms with Crippen LogP contribution in [0, 0.1) is 30.1 Å². The summed E-state index contributed by atoms with van der Waals surface area (Å²) in [5.41, 5.74) is 1.92. The van der Waals surface area contributed by atoms with Gasteiger partial charge in [-0.1, -0.05) is 0 Å². The molecule has 2 heteroatoms. The average molecular weight is 255 g/mol. The molecule has 100 valence electrons. The first-order chi connectivity index (χ1) is 9.14. The van der Waals surface area contributed by atoms with Crippen LogP contribution in [0.5, 0.6) is 0 Å². The van der Waals surface area contributed by atoms with Crippen LogP contribution < -0.4 is 0 Å². The van der Waals surface area contributed by atoms with Gasteiger partial charge in [-0.2, -0.15) is 0 Å². The molecule has 0 saturated heterocycles. The molecule has 4 saturated carbocycles. The number of pyridine rings is 1. The summed E-state index contributed by atoms with van der Waals surface area (Å²) >= 11 is 0. The molecule has 4 fully saturated rings. The first kappa shape index (κ1) is 11.6. The lowest BCUT2D eigenvalue weighted by Gasteiger charge is -2.55. The highest BCUT2D eigenvalue weighted by Gasteiger charge is 2.54. The molecule has 19 heavy (non-hydrogen) atoms. The summed E-state index contributed by atoms with van der Waals surface area (Å²) in [5, 5.41) is 0. The zero-order valence-corrected chi connectivity index (χ0v) is 11.6. The normalized spacial score (nSPS) is 39.5. The van der Waals surface area contributed by atoms with Crippen LogP contribution in [-0.2, 0) is 0 Å². The van der Waals surface area contributed by atoms with Crippen molar-refractivity contribution in [1.29, 1.82) is 0 Å². The van der Waals surface area contributed by atoms with Gasteiger partial charge < -0.3 is 0 Å². The third kappa shape index (κ3) is 1.76. The van der Waals surface area contributed by atoms with Crippen LogP contribution >= 0.6 is 0 Å². The number of nitrogens with zero attached hydrogens (tertiary/aromatic N) is 1. The molecule has 0 aromatic carbocycles. The van der Waals surface area contributed by atoms with E-state index in [0.29, 0.717) is 5.78 Å². The lowest BCUT2D eigenvalue weighted by Crippen LogP contribution is -2.50. The largest absolute Gasteiger partial charge is 0.293 e. The topological polar surface area (TPSA) is 30.0 Å². The minimum absolute atomic E-state index is 0.0236. The molecular formula is C17H21NO. The minimum atomic E-state index is -0.0236. The smallest absolute Gasteiger partial charge is 0.170 e. The molecule has 0 N–H and O–H groups in total. The molecule has 0 atom stereocenters. The van der Waals surface area contributed by atoms with Crippen molar-refractivity contribution in [3.63, 3.8) is 0 Å². The molecule has 4 bridgehead atoms. The number of hydrogen-bond acceptors (Lipinski definition) is 2. The van der Waals surface area contributed by atoms with E-state index in [-0.39, 0.29) is 5.41 Å². The molecule has 1 aromatic heterocycles. The van der Waals surface area contributed by atoms with Crippen molar-refractivity contribution in [3.8, 4) is 0 Å². The number of rotatable bonds is 2. The van der Waals surface area contributed by atoms with Crippen LogP contribution in [0.25, 0.3) is 0 Å². The Labute approximate surface area is 114 Å². The second-order valence-electron chi connectivity index (χ2n) is 7.28. The molecule has 0 spiro atoms. The van der Waals surface area contributed by atoms with Crippen molar-refractivity contribution >= 4 is 5.78 Å². The highest BCUT2D eigenvalue weighted by Crippen LogP contribution is 2.60. The van der Waals surface area contributed by atoms with E-state index in [1.807, 2.05) is 19.2 Å². The van der Waals surface area contributed by atoms with Gasteiger partial charge >= 0.3 is 0 Å². The van der Waals surface area contributed by atoms with E-state index < -0.39 is 0 Å². The fourth-order valence-corrected chi connectivity index (χ4v) is 5.37. The molecule has 0 aliphatic heterocycles. The fourth-order valence-electron chi connectivity index (χ4n) is 5.37. The number of aromatic nitrogens is 1. The molecule has 2 nitrogen and oxygen atoms in total. The lowest BCUT2D eigenvalue weighted by molar-refractivity contribution is -0.0353. The van der Waals surface area contributed by atoms with Gasteiger partial charge in [0.25, 0.3) is 0 Å². The highest BCUT2D eigenvalue weighted by atomic mass is 16.1. The molecule has 1 heterocycles. The number of hydrogen-bond donors (Lipinski definition) is 0. The Morgan fingerprint density at radius 1 is 1.11 bits per heavy atom. The van der Waals surface area contributed by atoms with Gasteiger partial charge in [0.05, 0.1) is 0 Å². The summed E-state index contributed by atoms with van der Waals surface area (Å²) in [6.07, 6.45) is 11.2. The Morgan fingerprint density at radius 3 is 2.21 bits per heavy atom. The second kappa shape index (κ2) is 3.91. The lowest BCUT2D eigenvalue weighted by atomic mass is 9.48. The SMILES string of the molecule is Cc1cncc(C(=O)C23CC4CC(CC(C4)C2)C3)c1. The number of Topliss-reactive ketones (excluding diaryl/α,β-unsaturated/α-hetero) is 1. The number of carbonyl (C=O) groups excluding carboxylic acids is 1. The summed E-state index contributed by atoms with van der Waals surface area (Å²) in [4.78, 5) is 17.2. The van der Waals surface area contributed by atoms with Crippen molar-refractivity contribution in [2.24, 2.45) is 23.2 Å². The molecular weight excluding hydrogens is 234 g/mol. The first-order valence-electron chi connectivity index (χ1n) is 7.61. The highest BCUT2D eigenvalue weighted by molar-refractivity contribution is 6.00. The molecule has 4 aliphatic carbocycles. The Balaban J connectivity index is 1.70. The van der Waals surface area contributed by atoms with E-state index >= 15 is 0 Å². The zero-order valence-electron chi connectivity index (χ0n) is 11.6. The van der Waals surface area contributed by atoms with Gasteiger partial charge in [-0.05, 0) is 74.8 Å². The fraction of sp³-hybridized carbons (Fsp3) is 0.647. The van der Waals surface area contributed by atoms with E-state index in [4.69, 9.17) is 0 Å². The van der Waals surface area contributed by atoms with Crippen LogP contribution in [0.3, 0.4) is 0 Å². The van der Waals surface area contributed by atoms with Gasteiger partial charge in [-0.15, -0.1) is 0 Å². The van der Waals surface area contributed by atoms with Gasteiger partial charge in [0.2, 0.25) is 0 Å². The van der Waals surface area contributed by atoms with Crippen LogP contribution in [0.1, 0.15) is 54.4 Å². The van der Waals surface area contributed by atoms with Crippen molar-refractivity contribution in [3.05, 3.63) is 29.6 Å². The predicted octanol–water partition coefficient (Wildman–Crippen LogP) is 3.79. The third-order valence-corrected chi connectivity index (χ3v) is 5.66. The average Bonchev–Trinajstić information content (AvgIpc) is 2.36. The minimum Gasteiger partial charge on any atom is -0.293 e. The van der Waals surface area contributed by atoms with E-state index in [1.54, 1.807) is 6.20 Å². The summed E-state index contributed by atoms with van der Waals surface area (Å²) in [6.45, 7) is 2.02. The monoisotopic (exact) mass is 255 g/mol. The number of carbonyl (C=O) groups is 1. The van der Waals surface area contributed by atoms with E-state index in [9.17, 15) is 4.79 Å². The first-order valence-corrected chi connectivity index (χ1v) is 7.61. The molecule has 0 amide bonds. The molecule has 0 unspecified atom stereocenters. The maximum Gasteiger partial charge on any atom is 0.170 e. The summed E-state index contributed by atoms with van der Waals surface area (Å²) in [7, 11) is 0. The molecule has 1 aromatic rings. The summed E-state index contributed by atoms with van der Waals surface area (Å²) < 4.78 is 0. The second-order valence-corrected chi connectivity index (χ2v) is 7.28. The van der Waals surface area contributed by atoms with Crippen LogP contribution in [0.4, 0.5) is 0 Å². The standard InChI is InChI=1S/C17H21NO/c1-11-2-15(10-18-9-11)16(19)17-6-12-3-13(7-17)5-14(4-12)8-17/h2,9-10,12-14H,3-8H2,1H3. The summed E-state index contributed by atoms with van der Waals surface area (Å²) in [5.74, 6) is 2.87. The van der Waals surface area contributed by atoms with Crippen LogP contribution in [0.2, 0.25) is 0 Å².